The second-order valence-corrected chi connectivity index (χ2v) is 7.03. The van der Waals surface area contributed by atoms with E-state index < -0.39 is 12.0 Å². The number of carboxylic acid groups (broad SMARTS) is 1. The minimum Gasteiger partial charge on any atom is -0.480 e. The molecule has 1 heterocycles. The van der Waals surface area contributed by atoms with Gasteiger partial charge in [-0.25, -0.2) is 0 Å². The summed E-state index contributed by atoms with van der Waals surface area (Å²) in [7, 11) is 1.91. The van der Waals surface area contributed by atoms with Crippen molar-refractivity contribution in [2.24, 2.45) is 12.5 Å². The lowest BCUT2D eigenvalue weighted by Gasteiger charge is -2.21. The van der Waals surface area contributed by atoms with Crippen LogP contribution in [0.3, 0.4) is 0 Å². The van der Waals surface area contributed by atoms with E-state index in [1.165, 1.54) is 0 Å². The normalized spacial score (nSPS) is 13.5. The maximum atomic E-state index is 11.4. The molecule has 2 aromatic rings. The molecule has 0 radical (unpaired) electrons. The van der Waals surface area contributed by atoms with Crippen molar-refractivity contribution in [3.8, 4) is 0 Å². The number of benzene rings is 1. The molecule has 22 heavy (non-hydrogen) atoms. The van der Waals surface area contributed by atoms with Crippen LogP contribution < -0.4 is 5.32 Å². The van der Waals surface area contributed by atoms with E-state index in [1.54, 1.807) is 0 Å². The second kappa shape index (κ2) is 6.48. The van der Waals surface area contributed by atoms with Gasteiger partial charge in [-0.1, -0.05) is 32.9 Å². The molecule has 2 N–H and O–H groups in total. The molecule has 1 aromatic carbocycles. The zero-order chi connectivity index (χ0) is 16.3. The first-order chi connectivity index (χ1) is 10.3. The van der Waals surface area contributed by atoms with Crippen molar-refractivity contribution in [3.05, 3.63) is 30.0 Å². The summed E-state index contributed by atoms with van der Waals surface area (Å²) in [6.45, 7) is 6.93. The monoisotopic (exact) mass is 303 g/mol. The van der Waals surface area contributed by atoms with Crippen LogP contribution in [0.1, 0.15) is 39.2 Å². The summed E-state index contributed by atoms with van der Waals surface area (Å²) in [6, 6.07) is 5.57. The molecule has 0 saturated heterocycles. The standard InChI is InChI=1S/C17H25N3O2/c1-17(2,3)8-7-14(16(21)22)18-10-12-5-6-13-11-19-20(4)15(13)9-12/h5-6,9,11,14,18H,7-8,10H2,1-4H3,(H,21,22). The highest BCUT2D eigenvalue weighted by Crippen LogP contribution is 2.22. The van der Waals surface area contributed by atoms with Crippen LogP contribution in [0.4, 0.5) is 0 Å². The van der Waals surface area contributed by atoms with Crippen LogP contribution >= 0.6 is 0 Å². The van der Waals surface area contributed by atoms with Gasteiger partial charge < -0.3 is 10.4 Å². The lowest BCUT2D eigenvalue weighted by molar-refractivity contribution is -0.139. The van der Waals surface area contributed by atoms with E-state index in [9.17, 15) is 9.90 Å². The van der Waals surface area contributed by atoms with Gasteiger partial charge in [0.25, 0.3) is 0 Å². The van der Waals surface area contributed by atoms with Gasteiger partial charge in [-0.3, -0.25) is 9.48 Å². The van der Waals surface area contributed by atoms with E-state index in [1.807, 2.05) is 30.1 Å². The summed E-state index contributed by atoms with van der Waals surface area (Å²) >= 11 is 0. The largest absolute Gasteiger partial charge is 0.480 e. The van der Waals surface area contributed by atoms with Gasteiger partial charge in [-0.15, -0.1) is 0 Å². The van der Waals surface area contributed by atoms with Gasteiger partial charge in [0.1, 0.15) is 6.04 Å². The zero-order valence-corrected chi connectivity index (χ0v) is 13.8. The highest BCUT2D eigenvalue weighted by Gasteiger charge is 2.20. The van der Waals surface area contributed by atoms with Crippen LogP contribution in [0.25, 0.3) is 10.9 Å². The fraction of sp³-hybridized carbons (Fsp3) is 0.529. The Bertz CT molecular complexity index is 655. The van der Waals surface area contributed by atoms with Gasteiger partial charge in [-0.2, -0.15) is 5.10 Å². The minimum absolute atomic E-state index is 0.142. The summed E-state index contributed by atoms with van der Waals surface area (Å²) in [5, 5.41) is 17.8. The Morgan fingerprint density at radius 1 is 1.41 bits per heavy atom. The molecule has 0 aliphatic heterocycles. The summed E-state index contributed by atoms with van der Waals surface area (Å²) in [5.74, 6) is -0.786. The van der Waals surface area contributed by atoms with Gasteiger partial charge in [0, 0.05) is 19.0 Å². The van der Waals surface area contributed by atoms with Crippen LogP contribution in [-0.4, -0.2) is 26.9 Å². The van der Waals surface area contributed by atoms with Crippen LogP contribution in [-0.2, 0) is 18.4 Å². The SMILES string of the molecule is Cn1ncc2ccc(CNC(CCC(C)(C)C)C(=O)O)cc21. The van der Waals surface area contributed by atoms with Crippen molar-refractivity contribution >= 4 is 16.9 Å². The first kappa shape index (κ1) is 16.5. The molecule has 2 rings (SSSR count). The first-order valence-electron chi connectivity index (χ1n) is 7.63. The second-order valence-electron chi connectivity index (χ2n) is 7.03. The van der Waals surface area contributed by atoms with Gasteiger partial charge in [-0.05, 0) is 29.9 Å². The Kier molecular flexibility index (Phi) is 4.86. The molecular weight excluding hydrogens is 278 g/mol. The smallest absolute Gasteiger partial charge is 0.320 e. The number of nitrogens with zero attached hydrogens (tertiary/aromatic N) is 2. The Morgan fingerprint density at radius 3 is 2.77 bits per heavy atom. The maximum Gasteiger partial charge on any atom is 0.320 e. The van der Waals surface area contributed by atoms with Gasteiger partial charge in [0.2, 0.25) is 0 Å². The van der Waals surface area contributed by atoms with Crippen molar-refractivity contribution in [1.82, 2.24) is 15.1 Å². The maximum absolute atomic E-state index is 11.4. The first-order valence-corrected chi connectivity index (χ1v) is 7.63. The third kappa shape index (κ3) is 4.31. The number of aliphatic carboxylic acids is 1. The number of rotatable bonds is 6. The van der Waals surface area contributed by atoms with E-state index in [4.69, 9.17) is 0 Å². The molecule has 120 valence electrons. The number of fused-ring (bicyclic) bond motifs is 1. The fourth-order valence-corrected chi connectivity index (χ4v) is 2.43. The quantitative estimate of drug-likeness (QED) is 0.861. The lowest BCUT2D eigenvalue weighted by atomic mass is 9.88. The molecule has 1 unspecified atom stereocenters. The third-order valence-corrected chi connectivity index (χ3v) is 3.85. The molecule has 0 amide bonds. The Balaban J connectivity index is 2.01. The van der Waals surface area contributed by atoms with Crippen LogP contribution in [0.5, 0.6) is 0 Å². The molecule has 0 spiro atoms. The topological polar surface area (TPSA) is 67.2 Å². The molecule has 0 bridgehead atoms. The van der Waals surface area contributed by atoms with Crippen LogP contribution in [0.15, 0.2) is 24.4 Å². The van der Waals surface area contributed by atoms with E-state index >= 15 is 0 Å². The van der Waals surface area contributed by atoms with Crippen molar-refractivity contribution in [2.75, 3.05) is 0 Å². The number of aryl methyl sites for hydroxylation is 1. The molecule has 5 nitrogen and oxygen atoms in total. The van der Waals surface area contributed by atoms with E-state index in [-0.39, 0.29) is 5.41 Å². The van der Waals surface area contributed by atoms with Crippen molar-refractivity contribution < 1.29 is 9.90 Å². The van der Waals surface area contributed by atoms with E-state index in [0.717, 1.165) is 22.9 Å². The number of hydrogen-bond donors (Lipinski definition) is 2. The predicted octanol–water partition coefficient (Wildman–Crippen LogP) is 2.94. The number of carbonyl (C=O) groups is 1. The fourth-order valence-electron chi connectivity index (χ4n) is 2.43. The number of carboxylic acids is 1. The van der Waals surface area contributed by atoms with Gasteiger partial charge >= 0.3 is 5.97 Å². The average molecular weight is 303 g/mol. The summed E-state index contributed by atoms with van der Waals surface area (Å²) in [5.41, 5.74) is 2.27. The van der Waals surface area contributed by atoms with Crippen molar-refractivity contribution in [3.63, 3.8) is 0 Å². The summed E-state index contributed by atoms with van der Waals surface area (Å²) in [4.78, 5) is 11.4. The molecule has 0 saturated carbocycles. The van der Waals surface area contributed by atoms with Crippen LogP contribution in [0.2, 0.25) is 0 Å². The molecular formula is C17H25N3O2. The number of nitrogens with one attached hydrogen (secondary N) is 1. The van der Waals surface area contributed by atoms with Crippen molar-refractivity contribution in [1.29, 1.82) is 0 Å². The molecule has 1 atom stereocenters. The molecule has 0 fully saturated rings. The highest BCUT2D eigenvalue weighted by atomic mass is 16.4. The number of aromatic nitrogens is 2. The Morgan fingerprint density at radius 2 is 2.14 bits per heavy atom. The van der Waals surface area contributed by atoms with Gasteiger partial charge in [0.15, 0.2) is 0 Å². The zero-order valence-electron chi connectivity index (χ0n) is 13.8. The molecule has 5 heteroatoms. The molecule has 1 aromatic heterocycles. The predicted molar refractivity (Wildman–Crippen MR) is 87.7 cm³/mol. The third-order valence-electron chi connectivity index (χ3n) is 3.85. The lowest BCUT2D eigenvalue weighted by Crippen LogP contribution is -2.37. The molecule has 0 aliphatic carbocycles. The van der Waals surface area contributed by atoms with Crippen LogP contribution in [0, 0.1) is 5.41 Å². The van der Waals surface area contributed by atoms with Crippen molar-refractivity contribution in [2.45, 2.75) is 46.2 Å². The highest BCUT2D eigenvalue weighted by molar-refractivity contribution is 5.79. The van der Waals surface area contributed by atoms with E-state index in [0.29, 0.717) is 13.0 Å². The minimum atomic E-state index is -0.786. The summed E-state index contributed by atoms with van der Waals surface area (Å²) < 4.78 is 1.83. The molecule has 0 aliphatic rings. The number of hydrogen-bond acceptors (Lipinski definition) is 3. The van der Waals surface area contributed by atoms with E-state index in [2.05, 4.69) is 37.3 Å². The summed E-state index contributed by atoms with van der Waals surface area (Å²) in [6.07, 6.45) is 3.33. The Hall–Kier alpha value is -1.88. The average Bonchev–Trinajstić information content (AvgIpc) is 2.78. The Labute approximate surface area is 131 Å². The van der Waals surface area contributed by atoms with Gasteiger partial charge in [0.05, 0.1) is 11.7 Å².